The average Bonchev–Trinajstić information content (AvgIpc) is 3.13. The second-order valence-electron chi connectivity index (χ2n) is 5.86. The van der Waals surface area contributed by atoms with Gasteiger partial charge < -0.3 is 14.6 Å². The Morgan fingerprint density at radius 3 is 2.17 bits per heavy atom. The van der Waals surface area contributed by atoms with Gasteiger partial charge in [-0.3, -0.25) is 0 Å². The molecule has 0 bridgehead atoms. The number of benzene rings is 2. The van der Waals surface area contributed by atoms with Crippen molar-refractivity contribution in [2.45, 2.75) is 18.9 Å². The molecule has 0 aliphatic carbocycles. The molecule has 0 saturated heterocycles. The Kier molecular flexibility index (Phi) is 5.40. The molecule has 3 rings (SSSR count). The van der Waals surface area contributed by atoms with Crippen LogP contribution in [0.3, 0.4) is 0 Å². The molecule has 0 atom stereocenters. The van der Waals surface area contributed by atoms with E-state index in [1.807, 2.05) is 0 Å². The van der Waals surface area contributed by atoms with Gasteiger partial charge in [0.15, 0.2) is 0 Å². The van der Waals surface area contributed by atoms with Crippen molar-refractivity contribution in [2.75, 3.05) is 12.4 Å². The molecule has 1 heterocycles. The van der Waals surface area contributed by atoms with Gasteiger partial charge in [-0.1, -0.05) is 17.3 Å². The molecule has 1 aromatic heterocycles. The van der Waals surface area contributed by atoms with Gasteiger partial charge in [-0.2, -0.15) is 31.3 Å². The van der Waals surface area contributed by atoms with Gasteiger partial charge in [-0.15, -0.1) is 0 Å². The summed E-state index contributed by atoms with van der Waals surface area (Å²) in [6, 6.07) is 8.00. The summed E-state index contributed by atoms with van der Waals surface area (Å²) in [5.41, 5.74) is -2.71. The van der Waals surface area contributed by atoms with Crippen molar-refractivity contribution in [3.8, 4) is 17.1 Å². The summed E-state index contributed by atoms with van der Waals surface area (Å²) in [4.78, 5) is 4.08. The minimum absolute atomic E-state index is 0.0307. The molecule has 0 radical (unpaired) electrons. The first-order valence-electron chi connectivity index (χ1n) is 8.07. The lowest BCUT2D eigenvalue weighted by Crippen LogP contribution is -2.12. The predicted molar refractivity (Wildman–Crippen MR) is 90.1 cm³/mol. The number of anilines is 1. The van der Waals surface area contributed by atoms with Gasteiger partial charge in [-0.05, 0) is 30.3 Å². The van der Waals surface area contributed by atoms with E-state index in [1.165, 1.54) is 7.11 Å². The number of methoxy groups -OCH3 is 1. The highest BCUT2D eigenvalue weighted by molar-refractivity contribution is 5.63. The number of hydrogen-bond donors (Lipinski definition) is 1. The average molecular weight is 417 g/mol. The van der Waals surface area contributed by atoms with E-state index < -0.39 is 23.5 Å². The largest absolute Gasteiger partial charge is 0.496 e. The number of para-hydroxylation sites is 1. The van der Waals surface area contributed by atoms with Crippen LogP contribution in [0.15, 0.2) is 47.0 Å². The van der Waals surface area contributed by atoms with Crippen molar-refractivity contribution in [3.63, 3.8) is 0 Å². The number of aromatic nitrogens is 2. The lowest BCUT2D eigenvalue weighted by atomic mass is 10.1. The highest BCUT2D eigenvalue weighted by Crippen LogP contribution is 2.37. The maximum Gasteiger partial charge on any atom is 0.416 e. The number of rotatable bonds is 5. The highest BCUT2D eigenvalue weighted by atomic mass is 19.4. The Hall–Kier alpha value is -3.24. The SMILES string of the molecule is COc1ccccc1-c1noc(CNc2cc(C(F)(F)F)cc(C(F)(F)F)c2)n1. The molecule has 0 amide bonds. The molecule has 0 aliphatic heterocycles. The zero-order valence-electron chi connectivity index (χ0n) is 14.7. The molecular weight excluding hydrogens is 404 g/mol. The van der Waals surface area contributed by atoms with Gasteiger partial charge in [0.25, 0.3) is 0 Å². The lowest BCUT2D eigenvalue weighted by Gasteiger charge is -2.14. The molecule has 29 heavy (non-hydrogen) atoms. The Labute approximate surface area is 160 Å². The molecule has 0 fully saturated rings. The molecule has 11 heteroatoms. The Morgan fingerprint density at radius 2 is 1.59 bits per heavy atom. The van der Waals surface area contributed by atoms with Crippen LogP contribution >= 0.6 is 0 Å². The van der Waals surface area contributed by atoms with Gasteiger partial charge >= 0.3 is 12.4 Å². The molecule has 0 aliphatic rings. The van der Waals surface area contributed by atoms with Crippen molar-refractivity contribution in [2.24, 2.45) is 0 Å². The fraction of sp³-hybridized carbons (Fsp3) is 0.222. The first-order valence-corrected chi connectivity index (χ1v) is 8.07. The Bertz CT molecular complexity index is 965. The predicted octanol–water partition coefficient (Wildman–Crippen LogP) is 5.39. The highest BCUT2D eigenvalue weighted by Gasteiger charge is 2.37. The van der Waals surface area contributed by atoms with E-state index in [0.29, 0.717) is 23.4 Å². The third-order valence-corrected chi connectivity index (χ3v) is 3.85. The smallest absolute Gasteiger partial charge is 0.416 e. The normalized spacial score (nSPS) is 12.1. The summed E-state index contributed by atoms with van der Waals surface area (Å²) in [6.45, 7) is -0.277. The van der Waals surface area contributed by atoms with E-state index in [9.17, 15) is 26.3 Å². The third kappa shape index (κ3) is 4.79. The summed E-state index contributed by atoms with van der Waals surface area (Å²) in [7, 11) is 1.45. The number of halogens is 6. The van der Waals surface area contributed by atoms with Crippen LogP contribution < -0.4 is 10.1 Å². The molecule has 5 nitrogen and oxygen atoms in total. The van der Waals surface area contributed by atoms with Crippen LogP contribution in [-0.4, -0.2) is 17.3 Å². The Morgan fingerprint density at radius 1 is 0.966 bits per heavy atom. The van der Waals surface area contributed by atoms with E-state index in [4.69, 9.17) is 9.26 Å². The summed E-state index contributed by atoms with van der Waals surface area (Å²) < 4.78 is 87.7. The molecule has 3 aromatic rings. The van der Waals surface area contributed by atoms with Crippen LogP contribution in [0, 0.1) is 0 Å². The molecule has 2 aromatic carbocycles. The summed E-state index contributed by atoms with van der Waals surface area (Å²) in [5.74, 6) is 0.608. The van der Waals surface area contributed by atoms with Crippen molar-refractivity contribution in [1.82, 2.24) is 10.1 Å². The second kappa shape index (κ2) is 7.64. The zero-order valence-corrected chi connectivity index (χ0v) is 14.7. The van der Waals surface area contributed by atoms with E-state index in [0.717, 1.165) is 0 Å². The van der Waals surface area contributed by atoms with Crippen LogP contribution in [0.5, 0.6) is 5.75 Å². The summed E-state index contributed by atoms with van der Waals surface area (Å²) in [6.07, 6.45) is -9.86. The minimum Gasteiger partial charge on any atom is -0.496 e. The third-order valence-electron chi connectivity index (χ3n) is 3.85. The summed E-state index contributed by atoms with van der Waals surface area (Å²) in [5, 5.41) is 6.21. The number of hydrogen-bond acceptors (Lipinski definition) is 5. The van der Waals surface area contributed by atoms with Crippen molar-refractivity contribution in [1.29, 1.82) is 0 Å². The van der Waals surface area contributed by atoms with Crippen LogP contribution in [0.2, 0.25) is 0 Å². The quantitative estimate of drug-likeness (QED) is 0.564. The number of nitrogens with one attached hydrogen (secondary N) is 1. The molecule has 0 spiro atoms. The van der Waals surface area contributed by atoms with Gasteiger partial charge in [0, 0.05) is 5.69 Å². The fourth-order valence-corrected chi connectivity index (χ4v) is 2.50. The van der Waals surface area contributed by atoms with Crippen LogP contribution in [-0.2, 0) is 18.9 Å². The Balaban J connectivity index is 1.82. The van der Waals surface area contributed by atoms with Gasteiger partial charge in [0.1, 0.15) is 5.75 Å². The van der Waals surface area contributed by atoms with E-state index in [1.54, 1.807) is 24.3 Å². The van der Waals surface area contributed by atoms with Crippen LogP contribution in [0.1, 0.15) is 17.0 Å². The summed E-state index contributed by atoms with van der Waals surface area (Å²) >= 11 is 0. The zero-order chi connectivity index (χ0) is 21.2. The van der Waals surface area contributed by atoms with Gasteiger partial charge in [-0.25, -0.2) is 0 Å². The molecular formula is C18H13F6N3O2. The van der Waals surface area contributed by atoms with Crippen molar-refractivity contribution >= 4 is 5.69 Å². The number of ether oxygens (including phenoxy) is 1. The van der Waals surface area contributed by atoms with E-state index in [-0.39, 0.29) is 30.0 Å². The van der Waals surface area contributed by atoms with Crippen molar-refractivity contribution in [3.05, 3.63) is 59.5 Å². The first-order chi connectivity index (χ1) is 13.6. The topological polar surface area (TPSA) is 60.2 Å². The standard InChI is InChI=1S/C18H13F6N3O2/c1-28-14-5-3-2-4-13(14)16-26-15(29-27-16)9-25-12-7-10(17(19,20)21)6-11(8-12)18(22,23)24/h2-8,25H,9H2,1H3. The molecule has 0 unspecified atom stereocenters. The molecule has 1 N–H and O–H groups in total. The maximum absolute atomic E-state index is 12.9. The minimum atomic E-state index is -4.93. The van der Waals surface area contributed by atoms with Crippen LogP contribution in [0.4, 0.5) is 32.0 Å². The lowest BCUT2D eigenvalue weighted by molar-refractivity contribution is -0.143. The fourth-order valence-electron chi connectivity index (χ4n) is 2.50. The number of nitrogens with zero attached hydrogens (tertiary/aromatic N) is 2. The van der Waals surface area contributed by atoms with Gasteiger partial charge in [0.05, 0.1) is 30.3 Å². The van der Waals surface area contributed by atoms with E-state index >= 15 is 0 Å². The molecule has 154 valence electrons. The monoisotopic (exact) mass is 417 g/mol. The van der Waals surface area contributed by atoms with Crippen LogP contribution in [0.25, 0.3) is 11.4 Å². The van der Waals surface area contributed by atoms with Gasteiger partial charge in [0.2, 0.25) is 11.7 Å². The maximum atomic E-state index is 12.9. The van der Waals surface area contributed by atoms with E-state index in [2.05, 4.69) is 15.5 Å². The second-order valence-corrected chi connectivity index (χ2v) is 5.86. The first kappa shape index (κ1) is 20.5. The molecule has 0 saturated carbocycles. The van der Waals surface area contributed by atoms with Crippen molar-refractivity contribution < 1.29 is 35.6 Å². The number of alkyl halides is 6.